The van der Waals surface area contributed by atoms with Crippen LogP contribution >= 0.6 is 0 Å². The van der Waals surface area contributed by atoms with E-state index >= 15 is 0 Å². The molecule has 33 atom stereocenters. The summed E-state index contributed by atoms with van der Waals surface area (Å²) < 4.78 is 127. The van der Waals surface area contributed by atoms with Gasteiger partial charge in [-0.25, -0.2) is 0 Å². The van der Waals surface area contributed by atoms with Crippen molar-refractivity contribution in [2.24, 2.45) is 28.6 Å². The number of carbonyl (C=O) groups is 1. The molecule has 7 heterocycles. The van der Waals surface area contributed by atoms with Crippen molar-refractivity contribution in [3.05, 3.63) is 11.6 Å². The van der Waals surface area contributed by atoms with E-state index in [0.29, 0.717) is 43.4 Å². The van der Waals surface area contributed by atoms with Crippen LogP contribution in [-0.2, 0) is 99.5 Å². The molecule has 24 nitrogen and oxygen atoms in total. The zero-order valence-electron chi connectivity index (χ0n) is 55.1. The topological polar surface area (TPSA) is 262 Å². The number of allylic oxidation sites excluding steroid dienone is 1. The van der Waals surface area contributed by atoms with E-state index in [0.717, 1.165) is 44.9 Å². The van der Waals surface area contributed by atoms with Gasteiger partial charge in [-0.15, -0.1) is 0 Å². The van der Waals surface area contributed by atoms with Crippen molar-refractivity contribution < 1.29 is 115 Å². The highest BCUT2D eigenvalue weighted by molar-refractivity contribution is 5.66. The summed E-state index contributed by atoms with van der Waals surface area (Å²) in [5.74, 6) is -0.662. The molecule has 0 amide bonds. The Labute approximate surface area is 525 Å². The summed E-state index contributed by atoms with van der Waals surface area (Å²) >= 11 is 0. The number of fused-ring (bicyclic) bond motifs is 6. The van der Waals surface area contributed by atoms with Gasteiger partial charge in [0.05, 0.1) is 91.4 Å². The lowest BCUT2D eigenvalue weighted by Crippen LogP contribution is -2.62. The molecule has 11 rings (SSSR count). The number of ether oxygens (including phenoxy) is 20. The van der Waals surface area contributed by atoms with Gasteiger partial charge in [-0.1, -0.05) is 25.5 Å². The van der Waals surface area contributed by atoms with E-state index in [1.165, 1.54) is 19.6 Å². The van der Waals surface area contributed by atoms with Gasteiger partial charge in [0.15, 0.2) is 44.3 Å². The predicted octanol–water partition coefficient (Wildman–Crippen LogP) is 5.86. The van der Waals surface area contributed by atoms with Crippen LogP contribution in [0.3, 0.4) is 0 Å². The highest BCUT2D eigenvalue weighted by Gasteiger charge is 2.66. The number of hydrogen-bond donors (Lipinski definition) is 3. The Morgan fingerprint density at radius 2 is 1.17 bits per heavy atom. The lowest BCUT2D eigenvalue weighted by Gasteiger charge is -2.59. The minimum Gasteiger partial charge on any atom is -0.454 e. The summed E-state index contributed by atoms with van der Waals surface area (Å²) in [6.45, 7) is 19.1. The van der Waals surface area contributed by atoms with Gasteiger partial charge in [-0.3, -0.25) is 4.79 Å². The van der Waals surface area contributed by atoms with E-state index in [4.69, 9.17) is 94.7 Å². The van der Waals surface area contributed by atoms with Crippen LogP contribution in [0, 0.1) is 28.6 Å². The van der Waals surface area contributed by atoms with Crippen molar-refractivity contribution in [1.82, 2.24) is 0 Å². The molecule has 0 aromatic carbocycles. The minimum atomic E-state index is -1.53. The van der Waals surface area contributed by atoms with Gasteiger partial charge >= 0.3 is 5.97 Å². The Hall–Kier alpha value is -1.67. The number of esters is 1. The van der Waals surface area contributed by atoms with E-state index in [1.807, 2.05) is 41.5 Å². The molecule has 1 spiro atoms. The van der Waals surface area contributed by atoms with Gasteiger partial charge in [0.25, 0.3) is 5.97 Å². The van der Waals surface area contributed by atoms with E-state index in [1.54, 1.807) is 35.4 Å². The molecule has 0 aromatic rings. The van der Waals surface area contributed by atoms with Crippen molar-refractivity contribution in [3.8, 4) is 0 Å². The highest BCUT2D eigenvalue weighted by atomic mass is 16.9. The fourth-order valence-corrected chi connectivity index (χ4v) is 18.1. The average molecular weight is 1270 g/mol. The maximum absolute atomic E-state index is 12.8. The number of aliphatic hydroxyl groups is 3. The smallest absolute Gasteiger partial charge is 0.303 e. The molecular formula is C65H106O24. The van der Waals surface area contributed by atoms with Crippen LogP contribution < -0.4 is 0 Å². The third-order valence-electron chi connectivity index (χ3n) is 23.1. The van der Waals surface area contributed by atoms with E-state index < -0.39 is 171 Å². The standard InChI is InChI=1S/C65H106O24/c1-31-53(68)59(74-15)60(83-38(8)66)61(81-31)87-56-34(4)79-51(27-46(56)72-13)85-54-32(2)77-50(25-44(54)70-11)84-55-33(3)78-52(26-45(55)71-12)86-57-36(6)88-65(29-48(57)73-14)76-30-75-47-28-49(80-35(5)58(47)89-65)82-37(7)64(69)23-20-43-41-17-16-39-24-40(67)18-21-62(39,9)42(41)19-22-63(43,64)10/h16,31-37,40-61,67-69H,17-30H2,1-15H3/t31-,32-,33-,34-,35-,36-,37+,40+,41-,42+,43+,44+,45+,46+,47-,48-,49+,50+,51+,52+,53+,54-,55-,56-,57-,58-,59+,60-,61+,62+,63+,64+,65-/m1/s1. The number of methoxy groups -OCH3 is 5. The normalized spacial score (nSPS) is 52.3. The molecule has 7 aliphatic heterocycles. The summed E-state index contributed by atoms with van der Waals surface area (Å²) in [4.78, 5) is 12.1. The Morgan fingerprint density at radius 3 is 1.74 bits per heavy atom. The molecule has 4 aliphatic carbocycles. The minimum absolute atomic E-state index is 0.101. The van der Waals surface area contributed by atoms with Crippen molar-refractivity contribution in [1.29, 1.82) is 0 Å². The summed E-state index contributed by atoms with van der Waals surface area (Å²) in [6, 6.07) is 0. The quantitative estimate of drug-likeness (QED) is 0.114. The average Bonchev–Trinajstić information content (AvgIpc) is 1.64. The third kappa shape index (κ3) is 13.4. The summed E-state index contributed by atoms with van der Waals surface area (Å²) in [6.07, 6.45) is -5.02. The molecule has 0 radical (unpaired) electrons. The third-order valence-corrected chi connectivity index (χ3v) is 23.1. The largest absolute Gasteiger partial charge is 0.454 e. The maximum atomic E-state index is 12.8. The monoisotopic (exact) mass is 1270 g/mol. The fraction of sp³-hybridized carbons (Fsp3) is 0.954. The van der Waals surface area contributed by atoms with Crippen molar-refractivity contribution in [3.63, 3.8) is 0 Å². The first-order valence-corrected chi connectivity index (χ1v) is 33.1. The lowest BCUT2D eigenvalue weighted by atomic mass is 9.46. The molecule has 11 aliphatic rings. The predicted molar refractivity (Wildman–Crippen MR) is 312 cm³/mol. The Balaban J connectivity index is 0.654. The van der Waals surface area contributed by atoms with Crippen molar-refractivity contribution in [2.75, 3.05) is 42.3 Å². The SMILES string of the molecule is CO[C@H]1[C@@H](O)[C@@H](C)O[C@@H](O[C@H]2[C@@H](OC)C[C@H](O[C@H]3[C@@H](OC)C[C@H](O[C@H]4[C@@H](OC)C[C@H](O[C@@H]5[C@@H](C)O[C@@]6(C[C@H]5OC)OCO[C@@H]5C[C@H](O[C@@H](C)[C@@]7(O)CC[C@H]8[C@@H]9CC=C%10C[C@@H](O)CC[C@]%10(C)[C@H]9CC[C@@]87C)O[C@H](C)[C@H]5O6)O[C@@H]4C)O[C@@H]3C)O[C@@H]2C)[C@@H]1OC(C)=O. The highest BCUT2D eigenvalue weighted by Crippen LogP contribution is 2.68. The van der Waals surface area contributed by atoms with E-state index in [2.05, 4.69) is 19.9 Å². The first-order valence-electron chi connectivity index (χ1n) is 33.1. The van der Waals surface area contributed by atoms with Gasteiger partial charge in [0.2, 0.25) is 0 Å². The van der Waals surface area contributed by atoms with Gasteiger partial charge in [0, 0.05) is 73.6 Å². The molecule has 3 saturated carbocycles. The molecular weight excluding hydrogens is 1160 g/mol. The van der Waals surface area contributed by atoms with E-state index in [-0.39, 0.29) is 36.6 Å². The first-order chi connectivity index (χ1) is 42.4. The van der Waals surface area contributed by atoms with E-state index in [9.17, 15) is 20.1 Å². The number of hydrogen-bond acceptors (Lipinski definition) is 24. The molecule has 24 heteroatoms. The first kappa shape index (κ1) is 68.7. The number of carbonyl (C=O) groups excluding carboxylic acids is 1. The second-order valence-electron chi connectivity index (χ2n) is 28.1. The Bertz CT molecular complexity index is 2390. The van der Waals surface area contributed by atoms with Crippen LogP contribution in [0.2, 0.25) is 0 Å². The molecule has 3 N–H and O–H groups in total. The van der Waals surface area contributed by atoms with Crippen molar-refractivity contribution in [2.45, 2.75) is 324 Å². The summed E-state index contributed by atoms with van der Waals surface area (Å²) in [5, 5.41) is 34.2. The van der Waals surface area contributed by atoms with Gasteiger partial charge < -0.3 is 110 Å². The second-order valence-corrected chi connectivity index (χ2v) is 28.1. The van der Waals surface area contributed by atoms with Crippen LogP contribution in [0.25, 0.3) is 0 Å². The summed E-state index contributed by atoms with van der Waals surface area (Å²) in [7, 11) is 7.90. The number of aliphatic hydroxyl groups excluding tert-OH is 2. The zero-order valence-corrected chi connectivity index (χ0v) is 55.1. The fourth-order valence-electron chi connectivity index (χ4n) is 18.1. The van der Waals surface area contributed by atoms with Crippen LogP contribution in [-0.4, -0.2) is 235 Å². The molecule has 510 valence electrons. The van der Waals surface area contributed by atoms with Crippen molar-refractivity contribution >= 4 is 5.97 Å². The second kappa shape index (κ2) is 27.8. The molecule has 7 saturated heterocycles. The zero-order chi connectivity index (χ0) is 63.6. The Kier molecular flexibility index (Phi) is 21.5. The van der Waals surface area contributed by atoms with Gasteiger partial charge in [-0.05, 0) is 123 Å². The maximum Gasteiger partial charge on any atom is 0.303 e. The molecule has 0 bridgehead atoms. The van der Waals surface area contributed by atoms with Crippen LogP contribution in [0.1, 0.15) is 153 Å². The van der Waals surface area contributed by atoms with Crippen LogP contribution in [0.15, 0.2) is 11.6 Å². The Morgan fingerprint density at radius 1 is 0.607 bits per heavy atom. The summed E-state index contributed by atoms with van der Waals surface area (Å²) in [5.41, 5.74) is 0.234. The van der Waals surface area contributed by atoms with Crippen LogP contribution in [0.4, 0.5) is 0 Å². The number of rotatable bonds is 17. The van der Waals surface area contributed by atoms with Crippen LogP contribution in [0.5, 0.6) is 0 Å². The molecule has 0 aromatic heterocycles. The van der Waals surface area contributed by atoms with Gasteiger partial charge in [0.1, 0.15) is 42.7 Å². The lowest BCUT2D eigenvalue weighted by molar-refractivity contribution is -0.447. The van der Waals surface area contributed by atoms with Gasteiger partial charge in [-0.2, -0.15) is 0 Å². The molecule has 0 unspecified atom stereocenters. The molecule has 89 heavy (non-hydrogen) atoms. The molecule has 10 fully saturated rings.